The van der Waals surface area contributed by atoms with E-state index in [0.717, 1.165) is 26.2 Å². The average molecular weight is 276 g/mol. The zero-order valence-corrected chi connectivity index (χ0v) is 11.2. The number of carbonyl (C=O) groups excluding carboxylic acids is 1. The maximum Gasteiger partial charge on any atom is 0.231 e. The van der Waals surface area contributed by atoms with E-state index in [4.69, 9.17) is 11.0 Å². The number of nitrogens with two attached hydrogens (primary N) is 1. The van der Waals surface area contributed by atoms with Gasteiger partial charge in [-0.15, -0.1) is 0 Å². The Labute approximate surface area is 117 Å². The van der Waals surface area contributed by atoms with Crippen LogP contribution in [0.4, 0.5) is 4.39 Å². The van der Waals surface area contributed by atoms with Crippen molar-refractivity contribution in [3.63, 3.8) is 0 Å². The fraction of sp³-hybridized carbons (Fsp3) is 0.429. The molecule has 0 spiro atoms. The van der Waals surface area contributed by atoms with Crippen LogP contribution in [0.1, 0.15) is 11.1 Å². The standard InChI is InChI=1S/C14H17FN4O/c15-13-2-1-11(8-16)7-12(13)9-18-3-5-19(6-4-18)10-14(17)20/h1-2,7H,3-6,9-10H2,(H2,17,20). The predicted molar refractivity (Wildman–Crippen MR) is 72.0 cm³/mol. The largest absolute Gasteiger partial charge is 0.369 e. The topological polar surface area (TPSA) is 73.4 Å². The minimum Gasteiger partial charge on any atom is -0.369 e. The lowest BCUT2D eigenvalue weighted by molar-refractivity contribution is -0.119. The number of rotatable bonds is 4. The lowest BCUT2D eigenvalue weighted by Crippen LogP contribution is -2.48. The van der Waals surface area contributed by atoms with E-state index in [2.05, 4.69) is 4.90 Å². The van der Waals surface area contributed by atoms with Crippen LogP contribution in [-0.2, 0) is 11.3 Å². The lowest BCUT2D eigenvalue weighted by atomic mass is 10.1. The first-order valence-corrected chi connectivity index (χ1v) is 6.50. The molecule has 0 radical (unpaired) electrons. The fourth-order valence-corrected chi connectivity index (χ4v) is 2.33. The van der Waals surface area contributed by atoms with Crippen molar-refractivity contribution in [3.8, 4) is 6.07 Å². The van der Waals surface area contributed by atoms with Gasteiger partial charge in [-0.3, -0.25) is 14.6 Å². The summed E-state index contributed by atoms with van der Waals surface area (Å²) in [4.78, 5) is 14.9. The summed E-state index contributed by atoms with van der Waals surface area (Å²) in [7, 11) is 0. The van der Waals surface area contributed by atoms with Gasteiger partial charge in [0.25, 0.3) is 0 Å². The fourth-order valence-electron chi connectivity index (χ4n) is 2.33. The maximum absolute atomic E-state index is 13.7. The van der Waals surface area contributed by atoms with Crippen LogP contribution in [0.25, 0.3) is 0 Å². The number of hydrogen-bond acceptors (Lipinski definition) is 4. The molecule has 106 valence electrons. The van der Waals surface area contributed by atoms with Gasteiger partial charge in [-0.05, 0) is 18.2 Å². The molecule has 0 bridgehead atoms. The molecule has 5 nitrogen and oxygen atoms in total. The first-order chi connectivity index (χ1) is 9.58. The van der Waals surface area contributed by atoms with Crippen molar-refractivity contribution >= 4 is 5.91 Å². The molecule has 0 atom stereocenters. The predicted octanol–water partition coefficient (Wildman–Crippen LogP) is 0.300. The highest BCUT2D eigenvalue weighted by molar-refractivity contribution is 5.75. The molecule has 1 aliphatic rings. The number of carbonyl (C=O) groups is 1. The Morgan fingerprint density at radius 2 is 1.95 bits per heavy atom. The van der Waals surface area contributed by atoms with Crippen LogP contribution in [0.2, 0.25) is 0 Å². The van der Waals surface area contributed by atoms with E-state index in [-0.39, 0.29) is 18.3 Å². The number of primary amides is 1. The molecule has 1 aromatic carbocycles. The number of amides is 1. The third-order valence-corrected chi connectivity index (χ3v) is 3.41. The zero-order chi connectivity index (χ0) is 14.5. The Bertz CT molecular complexity index is 532. The van der Waals surface area contributed by atoms with E-state index < -0.39 is 0 Å². The van der Waals surface area contributed by atoms with Crippen molar-refractivity contribution in [2.45, 2.75) is 6.54 Å². The Hall–Kier alpha value is -1.97. The molecule has 1 aromatic rings. The second-order valence-corrected chi connectivity index (χ2v) is 4.94. The van der Waals surface area contributed by atoms with Gasteiger partial charge in [-0.25, -0.2) is 4.39 Å². The molecule has 1 heterocycles. The molecule has 0 aliphatic carbocycles. The van der Waals surface area contributed by atoms with Crippen LogP contribution in [0, 0.1) is 17.1 Å². The van der Waals surface area contributed by atoms with Crippen LogP contribution < -0.4 is 5.73 Å². The smallest absolute Gasteiger partial charge is 0.231 e. The molecule has 6 heteroatoms. The van der Waals surface area contributed by atoms with Crippen LogP contribution in [0.3, 0.4) is 0 Å². The number of hydrogen-bond donors (Lipinski definition) is 1. The third-order valence-electron chi connectivity index (χ3n) is 3.41. The molecule has 0 aromatic heterocycles. The summed E-state index contributed by atoms with van der Waals surface area (Å²) in [6.07, 6.45) is 0. The molecule has 2 N–H and O–H groups in total. The summed E-state index contributed by atoms with van der Waals surface area (Å²) in [6, 6.07) is 6.41. The van der Waals surface area contributed by atoms with Crippen LogP contribution in [-0.4, -0.2) is 48.4 Å². The minimum absolute atomic E-state index is 0.270. The molecule has 0 unspecified atom stereocenters. The number of halogens is 1. The van der Waals surface area contributed by atoms with Crippen molar-refractivity contribution in [1.29, 1.82) is 5.26 Å². The van der Waals surface area contributed by atoms with Crippen molar-refractivity contribution < 1.29 is 9.18 Å². The van der Waals surface area contributed by atoms with Gasteiger partial charge in [-0.1, -0.05) is 0 Å². The van der Waals surface area contributed by atoms with Gasteiger partial charge in [0.05, 0.1) is 18.2 Å². The van der Waals surface area contributed by atoms with Crippen molar-refractivity contribution in [1.82, 2.24) is 9.80 Å². The minimum atomic E-state index is -0.328. The molecular formula is C14H17FN4O. The number of nitriles is 1. The third kappa shape index (κ3) is 3.76. The van der Waals surface area contributed by atoms with Gasteiger partial charge in [0.2, 0.25) is 5.91 Å². The van der Waals surface area contributed by atoms with Crippen LogP contribution >= 0.6 is 0 Å². The van der Waals surface area contributed by atoms with Gasteiger partial charge >= 0.3 is 0 Å². The van der Waals surface area contributed by atoms with Gasteiger partial charge < -0.3 is 5.73 Å². The SMILES string of the molecule is N#Cc1ccc(F)c(CN2CCN(CC(N)=O)CC2)c1. The van der Waals surface area contributed by atoms with Gasteiger partial charge in [0.15, 0.2) is 0 Å². The maximum atomic E-state index is 13.7. The van der Waals surface area contributed by atoms with Crippen LogP contribution in [0.5, 0.6) is 0 Å². The normalized spacial score (nSPS) is 16.8. The Morgan fingerprint density at radius 3 is 2.55 bits per heavy atom. The van der Waals surface area contributed by atoms with Gasteiger partial charge in [0, 0.05) is 38.3 Å². The molecule has 1 fully saturated rings. The molecule has 2 rings (SSSR count). The Balaban J connectivity index is 1.93. The summed E-state index contributed by atoms with van der Waals surface area (Å²) < 4.78 is 13.7. The Kier molecular flexibility index (Phi) is 4.66. The van der Waals surface area contributed by atoms with E-state index in [1.165, 1.54) is 12.1 Å². The summed E-state index contributed by atoms with van der Waals surface area (Å²) in [5, 5.41) is 8.84. The van der Waals surface area contributed by atoms with E-state index >= 15 is 0 Å². The second-order valence-electron chi connectivity index (χ2n) is 4.94. The lowest BCUT2D eigenvalue weighted by Gasteiger charge is -2.34. The number of piperazine rings is 1. The molecule has 1 aliphatic heterocycles. The monoisotopic (exact) mass is 276 g/mol. The van der Waals surface area contributed by atoms with Gasteiger partial charge in [0.1, 0.15) is 5.82 Å². The number of nitrogens with zero attached hydrogens (tertiary/aromatic N) is 3. The van der Waals surface area contributed by atoms with Crippen molar-refractivity contribution in [2.24, 2.45) is 5.73 Å². The summed E-state index contributed by atoms with van der Waals surface area (Å²) >= 11 is 0. The molecule has 1 saturated heterocycles. The second kappa shape index (κ2) is 6.46. The van der Waals surface area contributed by atoms with Crippen molar-refractivity contribution in [2.75, 3.05) is 32.7 Å². The molecule has 1 amide bonds. The highest BCUT2D eigenvalue weighted by Gasteiger charge is 2.19. The quantitative estimate of drug-likeness (QED) is 0.858. The highest BCUT2D eigenvalue weighted by Crippen LogP contribution is 2.14. The van der Waals surface area contributed by atoms with Crippen molar-refractivity contribution in [3.05, 3.63) is 35.1 Å². The van der Waals surface area contributed by atoms with E-state index in [1.807, 2.05) is 11.0 Å². The molecule has 20 heavy (non-hydrogen) atoms. The summed E-state index contributed by atoms with van der Waals surface area (Å²) in [6.45, 7) is 3.73. The average Bonchev–Trinajstić information content (AvgIpc) is 2.43. The Morgan fingerprint density at radius 1 is 1.30 bits per heavy atom. The first kappa shape index (κ1) is 14.4. The van der Waals surface area contributed by atoms with E-state index in [0.29, 0.717) is 17.7 Å². The highest BCUT2D eigenvalue weighted by atomic mass is 19.1. The zero-order valence-electron chi connectivity index (χ0n) is 11.2. The molecular weight excluding hydrogens is 259 g/mol. The number of benzene rings is 1. The first-order valence-electron chi connectivity index (χ1n) is 6.50. The van der Waals surface area contributed by atoms with E-state index in [9.17, 15) is 9.18 Å². The van der Waals surface area contributed by atoms with Gasteiger partial charge in [-0.2, -0.15) is 5.26 Å². The summed E-state index contributed by atoms with van der Waals surface area (Å²) in [5.74, 6) is -0.616. The van der Waals surface area contributed by atoms with E-state index in [1.54, 1.807) is 6.07 Å². The molecule has 0 saturated carbocycles. The summed E-state index contributed by atoms with van der Waals surface area (Å²) in [5.41, 5.74) is 6.16. The van der Waals surface area contributed by atoms with Crippen LogP contribution in [0.15, 0.2) is 18.2 Å².